The Bertz CT molecular complexity index is 353. The van der Waals surface area contributed by atoms with Gasteiger partial charge in [0.25, 0.3) is 0 Å². The zero-order chi connectivity index (χ0) is 12.8. The number of aryl methyl sites for hydroxylation is 1. The van der Waals surface area contributed by atoms with Crippen LogP contribution in [-0.2, 0) is 11.2 Å². The maximum absolute atomic E-state index is 5.49. The van der Waals surface area contributed by atoms with Crippen LogP contribution in [0.3, 0.4) is 0 Å². The van der Waals surface area contributed by atoms with Crippen molar-refractivity contribution >= 4 is 0 Å². The van der Waals surface area contributed by atoms with Crippen molar-refractivity contribution in [2.75, 3.05) is 13.7 Å². The normalized spacial score (nSPS) is 24.3. The molecule has 5 heteroatoms. The van der Waals surface area contributed by atoms with Crippen LogP contribution in [0.5, 0.6) is 0 Å². The molecule has 1 aromatic rings. The highest BCUT2D eigenvalue weighted by atomic mass is 16.5. The Morgan fingerprint density at radius 1 is 1.44 bits per heavy atom. The Balaban J connectivity index is 1.88. The maximum Gasteiger partial charge on any atom is 0.0827 e. The molecule has 2 unspecified atom stereocenters. The van der Waals surface area contributed by atoms with E-state index in [0.29, 0.717) is 12.1 Å². The highest BCUT2D eigenvalue weighted by Crippen LogP contribution is 2.29. The van der Waals surface area contributed by atoms with Crippen LogP contribution >= 0.6 is 0 Å². The fraction of sp³-hybridized carbons (Fsp3) is 0.846. The summed E-state index contributed by atoms with van der Waals surface area (Å²) in [4.78, 5) is 0. The minimum atomic E-state index is 0.383. The third kappa shape index (κ3) is 3.53. The average molecular weight is 252 g/mol. The molecule has 1 aliphatic carbocycles. The molecule has 0 radical (unpaired) electrons. The molecule has 1 aromatic heterocycles. The molecule has 18 heavy (non-hydrogen) atoms. The Kier molecular flexibility index (Phi) is 5.13. The SMILES string of the molecule is COC1CCCC(n2cc(CCCCN)nn2)C1. The lowest BCUT2D eigenvalue weighted by molar-refractivity contribution is 0.0504. The second-order valence-corrected chi connectivity index (χ2v) is 5.11. The standard InChI is InChI=1S/C13H24N4O/c1-18-13-7-4-6-12(9-13)17-10-11(15-16-17)5-2-3-8-14/h10,12-13H,2-9,14H2,1H3. The molecule has 1 aliphatic rings. The predicted octanol–water partition coefficient (Wildman–Crippen LogP) is 1.69. The van der Waals surface area contributed by atoms with Crippen molar-refractivity contribution in [2.45, 2.75) is 57.1 Å². The molecule has 1 fully saturated rings. The summed E-state index contributed by atoms with van der Waals surface area (Å²) in [5.41, 5.74) is 6.58. The molecule has 2 N–H and O–H groups in total. The highest BCUT2D eigenvalue weighted by Gasteiger charge is 2.23. The van der Waals surface area contributed by atoms with E-state index in [9.17, 15) is 0 Å². The first-order chi connectivity index (χ1) is 8.83. The molecule has 102 valence electrons. The molecule has 0 spiro atoms. The summed E-state index contributed by atoms with van der Waals surface area (Å²) in [6.07, 6.45) is 10.2. The number of methoxy groups -OCH3 is 1. The molecule has 0 saturated heterocycles. The summed E-state index contributed by atoms with van der Waals surface area (Å²) in [6.45, 7) is 0.756. The topological polar surface area (TPSA) is 66.0 Å². The van der Waals surface area contributed by atoms with Gasteiger partial charge in [0.05, 0.1) is 17.8 Å². The van der Waals surface area contributed by atoms with E-state index in [1.807, 2.05) is 4.68 Å². The van der Waals surface area contributed by atoms with Gasteiger partial charge in [-0.15, -0.1) is 5.10 Å². The second-order valence-electron chi connectivity index (χ2n) is 5.11. The van der Waals surface area contributed by atoms with Crippen LogP contribution < -0.4 is 5.73 Å². The minimum absolute atomic E-state index is 0.383. The minimum Gasteiger partial charge on any atom is -0.381 e. The Morgan fingerprint density at radius 2 is 2.33 bits per heavy atom. The summed E-state index contributed by atoms with van der Waals surface area (Å²) >= 11 is 0. The van der Waals surface area contributed by atoms with Gasteiger partial charge in [0.2, 0.25) is 0 Å². The van der Waals surface area contributed by atoms with Crippen molar-refractivity contribution in [1.29, 1.82) is 0 Å². The Morgan fingerprint density at radius 3 is 3.11 bits per heavy atom. The second kappa shape index (κ2) is 6.85. The first-order valence-electron chi connectivity index (χ1n) is 6.97. The smallest absolute Gasteiger partial charge is 0.0827 e. The fourth-order valence-corrected chi connectivity index (χ4v) is 2.63. The maximum atomic E-state index is 5.49. The van der Waals surface area contributed by atoms with Gasteiger partial charge in [-0.3, -0.25) is 0 Å². The van der Waals surface area contributed by atoms with Crippen LogP contribution in [-0.4, -0.2) is 34.8 Å². The fourth-order valence-electron chi connectivity index (χ4n) is 2.63. The number of nitrogens with zero attached hydrogens (tertiary/aromatic N) is 3. The summed E-state index contributed by atoms with van der Waals surface area (Å²) in [6, 6.07) is 0.458. The summed E-state index contributed by atoms with van der Waals surface area (Å²) in [5, 5.41) is 8.51. The third-order valence-electron chi connectivity index (χ3n) is 3.75. The number of nitrogens with two attached hydrogens (primary N) is 1. The van der Waals surface area contributed by atoms with Crippen molar-refractivity contribution in [3.8, 4) is 0 Å². The number of ether oxygens (including phenoxy) is 1. The lowest BCUT2D eigenvalue weighted by Crippen LogP contribution is -2.24. The van der Waals surface area contributed by atoms with E-state index in [2.05, 4.69) is 16.5 Å². The summed E-state index contributed by atoms with van der Waals surface area (Å²) in [7, 11) is 1.80. The monoisotopic (exact) mass is 252 g/mol. The van der Waals surface area contributed by atoms with Crippen molar-refractivity contribution in [3.63, 3.8) is 0 Å². The molecule has 2 atom stereocenters. The molecular weight excluding hydrogens is 228 g/mol. The lowest BCUT2D eigenvalue weighted by atomic mass is 9.93. The van der Waals surface area contributed by atoms with Crippen LogP contribution in [0.15, 0.2) is 6.20 Å². The van der Waals surface area contributed by atoms with Crippen LogP contribution in [0.4, 0.5) is 0 Å². The number of rotatable bonds is 6. The van der Waals surface area contributed by atoms with Crippen LogP contribution in [0, 0.1) is 0 Å². The van der Waals surface area contributed by atoms with E-state index >= 15 is 0 Å². The highest BCUT2D eigenvalue weighted by molar-refractivity contribution is 4.94. The average Bonchev–Trinajstić information content (AvgIpc) is 2.88. The van der Waals surface area contributed by atoms with Crippen molar-refractivity contribution < 1.29 is 4.74 Å². The molecule has 0 aliphatic heterocycles. The molecule has 1 saturated carbocycles. The molecule has 5 nitrogen and oxygen atoms in total. The van der Waals surface area contributed by atoms with Crippen LogP contribution in [0.25, 0.3) is 0 Å². The Hall–Kier alpha value is -0.940. The van der Waals surface area contributed by atoms with E-state index < -0.39 is 0 Å². The molecule has 0 bridgehead atoms. The van der Waals surface area contributed by atoms with Gasteiger partial charge in [-0.2, -0.15) is 0 Å². The van der Waals surface area contributed by atoms with Crippen molar-refractivity contribution in [1.82, 2.24) is 15.0 Å². The summed E-state index contributed by atoms with van der Waals surface area (Å²) < 4.78 is 7.48. The van der Waals surface area contributed by atoms with Crippen molar-refractivity contribution in [3.05, 3.63) is 11.9 Å². The number of hydrogen-bond acceptors (Lipinski definition) is 4. The van der Waals surface area contributed by atoms with E-state index in [0.717, 1.165) is 37.9 Å². The largest absolute Gasteiger partial charge is 0.381 e. The van der Waals surface area contributed by atoms with Gasteiger partial charge in [-0.05, 0) is 51.5 Å². The molecule has 0 amide bonds. The van der Waals surface area contributed by atoms with Gasteiger partial charge >= 0.3 is 0 Å². The van der Waals surface area contributed by atoms with E-state index in [1.54, 1.807) is 7.11 Å². The zero-order valence-electron chi connectivity index (χ0n) is 11.2. The van der Waals surface area contributed by atoms with Crippen LogP contribution in [0.1, 0.15) is 50.3 Å². The first-order valence-corrected chi connectivity index (χ1v) is 6.97. The van der Waals surface area contributed by atoms with Gasteiger partial charge in [0.15, 0.2) is 0 Å². The number of unbranched alkanes of at least 4 members (excludes halogenated alkanes) is 1. The van der Waals surface area contributed by atoms with E-state index in [1.165, 1.54) is 19.3 Å². The quantitative estimate of drug-likeness (QED) is 0.782. The van der Waals surface area contributed by atoms with Gasteiger partial charge in [0, 0.05) is 13.3 Å². The van der Waals surface area contributed by atoms with Gasteiger partial charge in [-0.1, -0.05) is 5.21 Å². The van der Waals surface area contributed by atoms with E-state index in [4.69, 9.17) is 10.5 Å². The predicted molar refractivity (Wildman–Crippen MR) is 70.3 cm³/mol. The van der Waals surface area contributed by atoms with Crippen molar-refractivity contribution in [2.24, 2.45) is 5.73 Å². The molecular formula is C13H24N4O. The Labute approximate surface area is 109 Å². The lowest BCUT2D eigenvalue weighted by Gasteiger charge is -2.27. The molecule has 2 rings (SSSR count). The van der Waals surface area contributed by atoms with Gasteiger partial charge in [-0.25, -0.2) is 4.68 Å². The van der Waals surface area contributed by atoms with Gasteiger partial charge < -0.3 is 10.5 Å². The molecule has 0 aromatic carbocycles. The third-order valence-corrected chi connectivity index (χ3v) is 3.75. The molecule has 1 heterocycles. The zero-order valence-corrected chi connectivity index (χ0v) is 11.2. The first kappa shape index (κ1) is 13.5. The van der Waals surface area contributed by atoms with Gasteiger partial charge in [0.1, 0.15) is 0 Å². The number of hydrogen-bond donors (Lipinski definition) is 1. The number of aromatic nitrogens is 3. The summed E-state index contributed by atoms with van der Waals surface area (Å²) in [5.74, 6) is 0. The van der Waals surface area contributed by atoms with Crippen LogP contribution in [0.2, 0.25) is 0 Å². The van der Waals surface area contributed by atoms with E-state index in [-0.39, 0.29) is 0 Å².